The van der Waals surface area contributed by atoms with Gasteiger partial charge in [0.1, 0.15) is 6.33 Å². The van der Waals surface area contributed by atoms with E-state index in [9.17, 15) is 4.79 Å². The molecule has 104 valence electrons. The number of carbonyl (C=O) groups excluding carboxylic acids is 1. The second-order valence-corrected chi connectivity index (χ2v) is 5.62. The highest BCUT2D eigenvalue weighted by Gasteiger charge is 2.29. The van der Waals surface area contributed by atoms with E-state index in [-0.39, 0.29) is 11.5 Å². The third-order valence-corrected chi connectivity index (χ3v) is 4.25. The van der Waals surface area contributed by atoms with Crippen LogP contribution in [0.25, 0.3) is 32.6 Å². The standard InChI is InChI=1S/C15H6BrN5O/c16-9-5-10(20-21-17)11-12-13(18-6-19-14(9)12)7-3-1-2-4-8(7)15(11)22/h1-6H. The molecule has 0 bridgehead atoms. The van der Waals surface area contributed by atoms with Crippen molar-refractivity contribution in [3.8, 4) is 11.3 Å². The van der Waals surface area contributed by atoms with Gasteiger partial charge in [0.05, 0.1) is 16.9 Å². The topological polar surface area (TPSA) is 91.6 Å². The van der Waals surface area contributed by atoms with E-state index in [1.165, 1.54) is 6.33 Å². The van der Waals surface area contributed by atoms with Gasteiger partial charge in [-0.15, -0.1) is 0 Å². The number of hydrogen-bond donors (Lipinski definition) is 0. The van der Waals surface area contributed by atoms with Crippen LogP contribution in [0.1, 0.15) is 15.9 Å². The molecule has 2 aromatic carbocycles. The Hall–Kier alpha value is -2.76. The zero-order valence-corrected chi connectivity index (χ0v) is 12.6. The molecule has 22 heavy (non-hydrogen) atoms. The lowest BCUT2D eigenvalue weighted by molar-refractivity contribution is 0.104. The van der Waals surface area contributed by atoms with E-state index in [4.69, 9.17) is 5.53 Å². The number of halogens is 1. The summed E-state index contributed by atoms with van der Waals surface area (Å²) in [7, 11) is 0. The molecule has 0 spiro atoms. The summed E-state index contributed by atoms with van der Waals surface area (Å²) in [6.07, 6.45) is 1.46. The van der Waals surface area contributed by atoms with Crippen molar-refractivity contribution in [1.82, 2.24) is 9.97 Å². The first-order chi connectivity index (χ1) is 10.7. The van der Waals surface area contributed by atoms with Crippen LogP contribution in [0, 0.1) is 0 Å². The highest BCUT2D eigenvalue weighted by Crippen LogP contribution is 2.43. The Labute approximate surface area is 132 Å². The van der Waals surface area contributed by atoms with Crippen LogP contribution in [-0.4, -0.2) is 15.8 Å². The van der Waals surface area contributed by atoms with Gasteiger partial charge in [0.2, 0.25) is 0 Å². The van der Waals surface area contributed by atoms with Crippen molar-refractivity contribution in [1.29, 1.82) is 0 Å². The highest BCUT2D eigenvalue weighted by atomic mass is 79.9. The molecule has 6 nitrogen and oxygen atoms in total. The van der Waals surface area contributed by atoms with Gasteiger partial charge in [-0.3, -0.25) is 4.79 Å². The van der Waals surface area contributed by atoms with E-state index in [0.29, 0.717) is 32.2 Å². The van der Waals surface area contributed by atoms with Gasteiger partial charge in [0.15, 0.2) is 5.78 Å². The molecule has 1 heterocycles. The lowest BCUT2D eigenvalue weighted by Crippen LogP contribution is -2.11. The van der Waals surface area contributed by atoms with Gasteiger partial charge >= 0.3 is 0 Å². The first-order valence-corrected chi connectivity index (χ1v) is 7.18. The van der Waals surface area contributed by atoms with Crippen LogP contribution < -0.4 is 0 Å². The second kappa shape index (κ2) is 4.62. The van der Waals surface area contributed by atoms with Crippen molar-refractivity contribution in [3.05, 3.63) is 62.7 Å². The average molecular weight is 352 g/mol. The minimum Gasteiger partial charge on any atom is -0.289 e. The van der Waals surface area contributed by atoms with Crippen molar-refractivity contribution in [3.63, 3.8) is 0 Å². The molecule has 0 saturated heterocycles. The van der Waals surface area contributed by atoms with Crippen LogP contribution in [0.3, 0.4) is 0 Å². The molecule has 0 fully saturated rings. The largest absolute Gasteiger partial charge is 0.289 e. The molecule has 0 radical (unpaired) electrons. The number of aromatic nitrogens is 2. The molecule has 0 N–H and O–H groups in total. The molecule has 0 aliphatic heterocycles. The smallest absolute Gasteiger partial charge is 0.194 e. The van der Waals surface area contributed by atoms with Gasteiger partial charge in [-0.25, -0.2) is 9.97 Å². The Morgan fingerprint density at radius 3 is 2.73 bits per heavy atom. The number of carbonyl (C=O) groups is 1. The fourth-order valence-corrected chi connectivity index (χ4v) is 3.29. The molecule has 4 rings (SSSR count). The zero-order chi connectivity index (χ0) is 15.3. The molecule has 1 aliphatic carbocycles. The SMILES string of the molecule is [N-]=[N+]=Nc1cc(Br)c2ncnc3c2c1C(=O)c1ccccc1-3. The summed E-state index contributed by atoms with van der Waals surface area (Å²) in [5.41, 5.74) is 12.0. The van der Waals surface area contributed by atoms with E-state index in [1.807, 2.05) is 12.1 Å². The van der Waals surface area contributed by atoms with Crippen LogP contribution >= 0.6 is 15.9 Å². The first-order valence-electron chi connectivity index (χ1n) is 6.39. The molecule has 3 aromatic rings. The van der Waals surface area contributed by atoms with Gasteiger partial charge in [0, 0.05) is 31.5 Å². The summed E-state index contributed by atoms with van der Waals surface area (Å²) < 4.78 is 0.657. The molecule has 1 aromatic heterocycles. The maximum Gasteiger partial charge on any atom is 0.194 e. The fourth-order valence-electron chi connectivity index (χ4n) is 2.78. The Bertz CT molecular complexity index is 1020. The highest BCUT2D eigenvalue weighted by molar-refractivity contribution is 9.10. The minimum atomic E-state index is -0.183. The zero-order valence-electron chi connectivity index (χ0n) is 11.0. The van der Waals surface area contributed by atoms with Crippen LogP contribution in [0.15, 0.2) is 46.2 Å². The fraction of sp³-hybridized carbons (Fsp3) is 0. The van der Waals surface area contributed by atoms with Gasteiger partial charge in [-0.1, -0.05) is 29.4 Å². The Balaban J connectivity index is 2.29. The van der Waals surface area contributed by atoms with E-state index in [1.54, 1.807) is 18.2 Å². The van der Waals surface area contributed by atoms with Gasteiger partial charge in [-0.05, 0) is 27.5 Å². The number of nitrogens with zero attached hydrogens (tertiary/aromatic N) is 5. The molecular weight excluding hydrogens is 346 g/mol. The molecule has 0 amide bonds. The van der Waals surface area contributed by atoms with E-state index in [0.717, 1.165) is 5.56 Å². The summed E-state index contributed by atoms with van der Waals surface area (Å²) in [6, 6.07) is 8.87. The van der Waals surface area contributed by atoms with Gasteiger partial charge < -0.3 is 0 Å². The Morgan fingerprint density at radius 1 is 1.18 bits per heavy atom. The third-order valence-electron chi connectivity index (χ3n) is 3.65. The third kappa shape index (κ3) is 1.60. The number of azide groups is 1. The quantitative estimate of drug-likeness (QED) is 0.286. The van der Waals surface area contributed by atoms with E-state index < -0.39 is 0 Å². The lowest BCUT2D eigenvalue weighted by atomic mass is 9.86. The average Bonchev–Trinajstić information content (AvgIpc) is 2.54. The van der Waals surface area contributed by atoms with E-state index in [2.05, 4.69) is 35.9 Å². The van der Waals surface area contributed by atoms with Crippen LogP contribution in [0.5, 0.6) is 0 Å². The van der Waals surface area contributed by atoms with Crippen molar-refractivity contribution in [2.24, 2.45) is 5.11 Å². The van der Waals surface area contributed by atoms with Crippen molar-refractivity contribution >= 4 is 38.3 Å². The second-order valence-electron chi connectivity index (χ2n) is 4.76. The number of rotatable bonds is 1. The summed E-state index contributed by atoms with van der Waals surface area (Å²) in [6.45, 7) is 0. The minimum absolute atomic E-state index is 0.183. The lowest BCUT2D eigenvalue weighted by Gasteiger charge is -2.20. The summed E-state index contributed by atoms with van der Waals surface area (Å²) in [5, 5.41) is 4.27. The molecule has 7 heteroatoms. The molecule has 0 saturated carbocycles. The van der Waals surface area contributed by atoms with Crippen LogP contribution in [0.4, 0.5) is 5.69 Å². The van der Waals surface area contributed by atoms with Crippen molar-refractivity contribution in [2.75, 3.05) is 0 Å². The van der Waals surface area contributed by atoms with Crippen LogP contribution in [0.2, 0.25) is 0 Å². The normalized spacial score (nSPS) is 12.0. The van der Waals surface area contributed by atoms with E-state index >= 15 is 0 Å². The van der Waals surface area contributed by atoms with Crippen LogP contribution in [-0.2, 0) is 0 Å². The van der Waals surface area contributed by atoms with Crippen molar-refractivity contribution in [2.45, 2.75) is 0 Å². The summed E-state index contributed by atoms with van der Waals surface area (Å²) in [5.74, 6) is -0.183. The number of fused-ring (bicyclic) bond motifs is 2. The van der Waals surface area contributed by atoms with Gasteiger partial charge in [-0.2, -0.15) is 0 Å². The van der Waals surface area contributed by atoms with Gasteiger partial charge in [0.25, 0.3) is 0 Å². The molecule has 1 aliphatic rings. The Morgan fingerprint density at radius 2 is 1.95 bits per heavy atom. The van der Waals surface area contributed by atoms with Crippen molar-refractivity contribution < 1.29 is 4.79 Å². The first kappa shape index (κ1) is 12.9. The number of hydrogen-bond acceptors (Lipinski definition) is 4. The maximum absolute atomic E-state index is 12.8. The molecule has 0 unspecified atom stereocenters. The maximum atomic E-state index is 12.8. The predicted octanol–water partition coefficient (Wildman–Crippen LogP) is 4.55. The predicted molar refractivity (Wildman–Crippen MR) is 84.9 cm³/mol. The molecular formula is C15H6BrN5O. The Kier molecular flexibility index (Phi) is 2.72. The molecule has 0 atom stereocenters. The number of benzene rings is 2. The summed E-state index contributed by atoms with van der Waals surface area (Å²) in [4.78, 5) is 24.2. The summed E-state index contributed by atoms with van der Waals surface area (Å²) >= 11 is 3.41. The monoisotopic (exact) mass is 351 g/mol. The number of ketones is 1.